The highest BCUT2D eigenvalue weighted by molar-refractivity contribution is 5.99. The van der Waals surface area contributed by atoms with E-state index in [-0.39, 0.29) is 11.8 Å². The molecule has 3 rings (SSSR count). The highest BCUT2D eigenvalue weighted by atomic mass is 16.4. The second kappa shape index (κ2) is 11.7. The first kappa shape index (κ1) is 26.4. The van der Waals surface area contributed by atoms with E-state index in [4.69, 9.17) is 0 Å². The van der Waals surface area contributed by atoms with Gasteiger partial charge in [0.1, 0.15) is 5.54 Å². The molecule has 0 spiro atoms. The number of carboxylic acids is 1. The summed E-state index contributed by atoms with van der Waals surface area (Å²) in [6.07, 6.45) is 0.622. The van der Waals surface area contributed by atoms with E-state index in [0.717, 1.165) is 16.7 Å². The van der Waals surface area contributed by atoms with E-state index in [9.17, 15) is 14.7 Å². The van der Waals surface area contributed by atoms with Crippen LogP contribution in [-0.2, 0) is 17.6 Å². The summed E-state index contributed by atoms with van der Waals surface area (Å²) in [5, 5.41) is 12.8. The Kier molecular flexibility index (Phi) is 9.96. The molecular formula is C27H39NO3. The van der Waals surface area contributed by atoms with Crippen LogP contribution in [0, 0.1) is 0 Å². The zero-order chi connectivity index (χ0) is 23.8. The average molecular weight is 426 g/mol. The smallest absolute Gasteiger partial charge is 0.330 e. The minimum Gasteiger partial charge on any atom is -0.479 e. The van der Waals surface area contributed by atoms with Crippen molar-refractivity contribution in [2.24, 2.45) is 0 Å². The molecule has 31 heavy (non-hydrogen) atoms. The van der Waals surface area contributed by atoms with Crippen molar-refractivity contribution in [1.29, 1.82) is 0 Å². The van der Waals surface area contributed by atoms with Crippen LogP contribution in [0.25, 0.3) is 0 Å². The van der Waals surface area contributed by atoms with Crippen molar-refractivity contribution in [2.75, 3.05) is 0 Å². The van der Waals surface area contributed by atoms with Crippen molar-refractivity contribution in [3.05, 3.63) is 70.3 Å². The molecule has 0 aliphatic heterocycles. The number of amides is 1. The molecule has 1 aliphatic rings. The van der Waals surface area contributed by atoms with Crippen LogP contribution in [0.3, 0.4) is 0 Å². The lowest BCUT2D eigenvalue weighted by molar-refractivity contribution is -0.144. The Morgan fingerprint density at radius 3 is 1.81 bits per heavy atom. The maximum Gasteiger partial charge on any atom is 0.330 e. The van der Waals surface area contributed by atoms with Gasteiger partial charge in [-0.25, -0.2) is 4.79 Å². The van der Waals surface area contributed by atoms with Crippen molar-refractivity contribution < 1.29 is 14.7 Å². The molecule has 4 heteroatoms. The standard InChI is InChI=1S/C23H27NO3.2C2H6/c1-14(2)16-9-10-19(20(11-16)15(3)4)21(25)24-23(22(26)27)12-17-7-5-6-8-18(17)13-23;2*1-2/h5-11,14-15H,12-13H2,1-4H3,(H,24,25)(H,26,27);2*1-2H3. The predicted octanol–water partition coefficient (Wildman–Crippen LogP) is 6.34. The predicted molar refractivity (Wildman–Crippen MR) is 129 cm³/mol. The summed E-state index contributed by atoms with van der Waals surface area (Å²) >= 11 is 0. The maximum absolute atomic E-state index is 13.1. The number of rotatable bonds is 5. The Labute approximate surface area is 188 Å². The topological polar surface area (TPSA) is 66.4 Å². The van der Waals surface area contributed by atoms with Crippen molar-refractivity contribution in [2.45, 2.75) is 85.6 Å². The van der Waals surface area contributed by atoms with Gasteiger partial charge < -0.3 is 10.4 Å². The van der Waals surface area contributed by atoms with Gasteiger partial charge in [0.25, 0.3) is 5.91 Å². The van der Waals surface area contributed by atoms with Crippen LogP contribution in [0.4, 0.5) is 0 Å². The van der Waals surface area contributed by atoms with E-state index in [1.54, 1.807) is 0 Å². The number of hydrogen-bond donors (Lipinski definition) is 2. The fourth-order valence-electron chi connectivity index (χ4n) is 3.82. The minimum absolute atomic E-state index is 0.172. The highest BCUT2D eigenvalue weighted by Gasteiger charge is 2.45. The van der Waals surface area contributed by atoms with Gasteiger partial charge >= 0.3 is 5.97 Å². The molecule has 0 radical (unpaired) electrons. The molecule has 0 saturated heterocycles. The molecule has 0 atom stereocenters. The van der Waals surface area contributed by atoms with Gasteiger partial charge in [0.2, 0.25) is 0 Å². The SMILES string of the molecule is CC.CC.CC(C)c1ccc(C(=O)NC2(C(=O)O)Cc3ccccc3C2)c(C(C)C)c1. The average Bonchev–Trinajstić information content (AvgIpc) is 3.15. The van der Waals surface area contributed by atoms with Gasteiger partial charge in [-0.2, -0.15) is 0 Å². The number of nitrogens with one attached hydrogen (secondary N) is 1. The molecule has 2 N–H and O–H groups in total. The minimum atomic E-state index is -1.29. The lowest BCUT2D eigenvalue weighted by Gasteiger charge is -2.26. The van der Waals surface area contributed by atoms with Crippen LogP contribution in [0.5, 0.6) is 0 Å². The number of carbonyl (C=O) groups excluding carboxylic acids is 1. The highest BCUT2D eigenvalue weighted by Crippen LogP contribution is 2.32. The van der Waals surface area contributed by atoms with Crippen LogP contribution in [0.2, 0.25) is 0 Å². The zero-order valence-electron chi connectivity index (χ0n) is 20.4. The van der Waals surface area contributed by atoms with Crippen molar-refractivity contribution in [1.82, 2.24) is 5.32 Å². The number of fused-ring (bicyclic) bond motifs is 1. The van der Waals surface area contributed by atoms with E-state index in [1.807, 2.05) is 64.1 Å². The number of benzene rings is 2. The van der Waals surface area contributed by atoms with Crippen LogP contribution >= 0.6 is 0 Å². The fraction of sp³-hybridized carbons (Fsp3) is 0.481. The third kappa shape index (κ3) is 5.96. The summed E-state index contributed by atoms with van der Waals surface area (Å²) in [6.45, 7) is 16.3. The van der Waals surface area contributed by atoms with Gasteiger partial charge in [0.15, 0.2) is 0 Å². The van der Waals surface area contributed by atoms with E-state index in [0.29, 0.717) is 24.3 Å². The largest absolute Gasteiger partial charge is 0.479 e. The molecule has 0 saturated carbocycles. The van der Waals surface area contributed by atoms with Crippen LogP contribution in [0.15, 0.2) is 42.5 Å². The van der Waals surface area contributed by atoms with Gasteiger partial charge in [-0.05, 0) is 40.2 Å². The Balaban J connectivity index is 0.00000113. The Morgan fingerprint density at radius 2 is 1.39 bits per heavy atom. The molecule has 0 heterocycles. The van der Waals surface area contributed by atoms with Gasteiger partial charge in [-0.1, -0.05) is 91.8 Å². The fourth-order valence-corrected chi connectivity index (χ4v) is 3.82. The Morgan fingerprint density at radius 1 is 0.871 bits per heavy atom. The monoisotopic (exact) mass is 425 g/mol. The van der Waals surface area contributed by atoms with Gasteiger partial charge in [0, 0.05) is 18.4 Å². The lowest BCUT2D eigenvalue weighted by atomic mass is 9.90. The number of aliphatic carboxylic acids is 1. The van der Waals surface area contributed by atoms with Gasteiger partial charge in [0.05, 0.1) is 0 Å². The first-order chi connectivity index (χ1) is 14.7. The van der Waals surface area contributed by atoms with Crippen molar-refractivity contribution in [3.8, 4) is 0 Å². The number of carboxylic acid groups (broad SMARTS) is 1. The van der Waals surface area contributed by atoms with Gasteiger partial charge in [-0.15, -0.1) is 0 Å². The molecular weight excluding hydrogens is 386 g/mol. The van der Waals surface area contributed by atoms with Crippen LogP contribution in [-0.4, -0.2) is 22.5 Å². The molecule has 1 amide bonds. The first-order valence-electron chi connectivity index (χ1n) is 11.5. The normalized spacial score (nSPS) is 13.5. The quantitative estimate of drug-likeness (QED) is 0.587. The van der Waals surface area contributed by atoms with Crippen molar-refractivity contribution in [3.63, 3.8) is 0 Å². The van der Waals surface area contributed by atoms with E-state index in [1.165, 1.54) is 5.56 Å². The summed E-state index contributed by atoms with van der Waals surface area (Å²) in [5.74, 6) is -0.763. The molecule has 4 nitrogen and oxygen atoms in total. The summed E-state index contributed by atoms with van der Waals surface area (Å²) in [6, 6.07) is 13.5. The maximum atomic E-state index is 13.1. The zero-order valence-corrected chi connectivity index (χ0v) is 20.4. The molecule has 0 aromatic heterocycles. The van der Waals surface area contributed by atoms with E-state index >= 15 is 0 Å². The second-order valence-electron chi connectivity index (χ2n) is 8.12. The third-order valence-corrected chi connectivity index (χ3v) is 5.47. The lowest BCUT2D eigenvalue weighted by Crippen LogP contribution is -2.55. The molecule has 0 bridgehead atoms. The summed E-state index contributed by atoms with van der Waals surface area (Å²) in [4.78, 5) is 25.2. The number of carbonyl (C=O) groups is 2. The molecule has 1 aliphatic carbocycles. The molecule has 2 aromatic rings. The molecule has 0 fully saturated rings. The second-order valence-corrected chi connectivity index (χ2v) is 8.12. The molecule has 170 valence electrons. The summed E-state index contributed by atoms with van der Waals surface area (Å²) in [5.41, 5.74) is 3.38. The number of hydrogen-bond acceptors (Lipinski definition) is 2. The van der Waals surface area contributed by atoms with E-state index < -0.39 is 11.5 Å². The van der Waals surface area contributed by atoms with E-state index in [2.05, 4.69) is 39.1 Å². The first-order valence-corrected chi connectivity index (χ1v) is 11.5. The third-order valence-electron chi connectivity index (χ3n) is 5.47. The Bertz CT molecular complexity index is 859. The Hall–Kier alpha value is -2.62. The molecule has 0 unspecified atom stereocenters. The summed E-state index contributed by atoms with van der Waals surface area (Å²) < 4.78 is 0. The molecule has 2 aromatic carbocycles. The van der Waals surface area contributed by atoms with Crippen molar-refractivity contribution >= 4 is 11.9 Å². The van der Waals surface area contributed by atoms with Gasteiger partial charge in [-0.3, -0.25) is 4.79 Å². The van der Waals surface area contributed by atoms with Crippen LogP contribution < -0.4 is 5.32 Å². The summed E-state index contributed by atoms with van der Waals surface area (Å²) in [7, 11) is 0. The van der Waals surface area contributed by atoms with Crippen LogP contribution in [0.1, 0.15) is 99.8 Å².